The lowest BCUT2D eigenvalue weighted by Crippen LogP contribution is -2.65. The predicted molar refractivity (Wildman–Crippen MR) is 100 cm³/mol. The van der Waals surface area contributed by atoms with E-state index in [2.05, 4.69) is 46.6 Å². The number of fused-ring (bicyclic) bond motifs is 1. The topological polar surface area (TPSA) is 44.8 Å². The fraction of sp³-hybridized carbons (Fsp3) is 0.381. The minimum Gasteiger partial charge on any atom is -0.382 e. The van der Waals surface area contributed by atoms with Crippen molar-refractivity contribution in [2.24, 2.45) is 0 Å². The molecule has 136 valence electrons. The number of carbonyl (C=O) groups is 1. The summed E-state index contributed by atoms with van der Waals surface area (Å²) in [6.45, 7) is 3.16. The third-order valence-electron chi connectivity index (χ3n) is 5.53. The minimum absolute atomic E-state index is 0.0341. The SMILES string of the molecule is COC[C@]1(c2ccccc2)CNCC2N(Cc3ccccc3)C(=O)CN21. The fourth-order valence-corrected chi connectivity index (χ4v) is 4.29. The van der Waals surface area contributed by atoms with E-state index in [9.17, 15) is 4.79 Å². The molecule has 5 nitrogen and oxygen atoms in total. The van der Waals surface area contributed by atoms with Crippen LogP contribution in [0.4, 0.5) is 0 Å². The number of ether oxygens (including phenoxy) is 1. The van der Waals surface area contributed by atoms with Crippen molar-refractivity contribution < 1.29 is 9.53 Å². The van der Waals surface area contributed by atoms with Crippen LogP contribution in [0.25, 0.3) is 0 Å². The van der Waals surface area contributed by atoms with Crippen LogP contribution in [0.2, 0.25) is 0 Å². The Labute approximate surface area is 154 Å². The highest BCUT2D eigenvalue weighted by molar-refractivity contribution is 5.81. The van der Waals surface area contributed by atoms with Gasteiger partial charge in [0.25, 0.3) is 0 Å². The summed E-state index contributed by atoms with van der Waals surface area (Å²) in [7, 11) is 1.73. The number of benzene rings is 2. The summed E-state index contributed by atoms with van der Waals surface area (Å²) < 4.78 is 5.62. The summed E-state index contributed by atoms with van der Waals surface area (Å²) in [6.07, 6.45) is 0.0341. The molecular formula is C21H25N3O2. The van der Waals surface area contributed by atoms with Gasteiger partial charge in [0.05, 0.1) is 24.9 Å². The fourth-order valence-electron chi connectivity index (χ4n) is 4.29. The molecule has 2 aromatic rings. The molecule has 4 rings (SSSR count). The van der Waals surface area contributed by atoms with Crippen molar-refractivity contribution in [2.45, 2.75) is 18.2 Å². The number of hydrogen-bond acceptors (Lipinski definition) is 4. The molecule has 1 unspecified atom stereocenters. The molecule has 0 bridgehead atoms. The van der Waals surface area contributed by atoms with Gasteiger partial charge in [-0.15, -0.1) is 0 Å². The molecule has 2 aliphatic rings. The summed E-state index contributed by atoms with van der Waals surface area (Å²) in [4.78, 5) is 17.2. The van der Waals surface area contributed by atoms with Crippen LogP contribution >= 0.6 is 0 Å². The second-order valence-corrected chi connectivity index (χ2v) is 7.08. The third-order valence-corrected chi connectivity index (χ3v) is 5.53. The van der Waals surface area contributed by atoms with Gasteiger partial charge in [-0.1, -0.05) is 60.7 Å². The average Bonchev–Trinajstić information content (AvgIpc) is 3.00. The van der Waals surface area contributed by atoms with Gasteiger partial charge >= 0.3 is 0 Å². The first-order valence-corrected chi connectivity index (χ1v) is 9.10. The van der Waals surface area contributed by atoms with Crippen molar-refractivity contribution in [3.63, 3.8) is 0 Å². The first kappa shape index (κ1) is 17.2. The minimum atomic E-state index is -0.333. The number of carbonyl (C=O) groups excluding carboxylic acids is 1. The van der Waals surface area contributed by atoms with Crippen LogP contribution in [0.5, 0.6) is 0 Å². The second-order valence-electron chi connectivity index (χ2n) is 7.08. The van der Waals surface area contributed by atoms with Gasteiger partial charge in [-0.25, -0.2) is 0 Å². The third kappa shape index (κ3) is 2.92. The first-order chi connectivity index (χ1) is 12.7. The number of nitrogens with one attached hydrogen (secondary N) is 1. The summed E-state index contributed by atoms with van der Waals surface area (Å²) in [6, 6.07) is 20.6. The van der Waals surface area contributed by atoms with Gasteiger partial charge in [0.15, 0.2) is 0 Å². The molecule has 0 radical (unpaired) electrons. The molecule has 2 aliphatic heterocycles. The van der Waals surface area contributed by atoms with Crippen molar-refractivity contribution in [3.8, 4) is 0 Å². The summed E-state index contributed by atoms with van der Waals surface area (Å²) >= 11 is 0. The van der Waals surface area contributed by atoms with Crippen molar-refractivity contribution >= 4 is 5.91 Å². The van der Waals surface area contributed by atoms with E-state index >= 15 is 0 Å². The van der Waals surface area contributed by atoms with Crippen LogP contribution in [-0.4, -0.2) is 55.2 Å². The van der Waals surface area contributed by atoms with Crippen molar-refractivity contribution in [2.75, 3.05) is 33.4 Å². The van der Waals surface area contributed by atoms with E-state index in [1.807, 2.05) is 29.2 Å². The Balaban J connectivity index is 1.67. The molecule has 1 amide bonds. The van der Waals surface area contributed by atoms with E-state index in [4.69, 9.17) is 4.74 Å². The van der Waals surface area contributed by atoms with Crippen molar-refractivity contribution in [3.05, 3.63) is 71.8 Å². The molecule has 0 saturated carbocycles. The van der Waals surface area contributed by atoms with E-state index in [0.29, 0.717) is 19.7 Å². The second kappa shape index (κ2) is 7.19. The smallest absolute Gasteiger partial charge is 0.238 e. The van der Waals surface area contributed by atoms with Gasteiger partial charge in [-0.05, 0) is 11.1 Å². The zero-order valence-electron chi connectivity index (χ0n) is 15.1. The van der Waals surface area contributed by atoms with E-state index in [-0.39, 0.29) is 17.6 Å². The molecule has 5 heteroatoms. The summed E-state index contributed by atoms with van der Waals surface area (Å²) in [5.41, 5.74) is 2.01. The number of hydrogen-bond donors (Lipinski definition) is 1. The molecule has 0 aromatic heterocycles. The lowest BCUT2D eigenvalue weighted by molar-refractivity contribution is -0.128. The number of piperazine rings is 1. The van der Waals surface area contributed by atoms with Crippen LogP contribution in [0.1, 0.15) is 11.1 Å². The molecule has 2 atom stereocenters. The highest BCUT2D eigenvalue weighted by Gasteiger charge is 2.52. The van der Waals surface area contributed by atoms with E-state index in [0.717, 1.165) is 18.7 Å². The Hall–Kier alpha value is -2.21. The molecule has 26 heavy (non-hydrogen) atoms. The highest BCUT2D eigenvalue weighted by Crippen LogP contribution is 2.37. The van der Waals surface area contributed by atoms with Gasteiger partial charge in [0.2, 0.25) is 5.91 Å². The van der Waals surface area contributed by atoms with Crippen molar-refractivity contribution in [1.29, 1.82) is 0 Å². The number of methoxy groups -OCH3 is 1. The molecule has 2 saturated heterocycles. The monoisotopic (exact) mass is 351 g/mol. The van der Waals surface area contributed by atoms with Gasteiger partial charge in [0.1, 0.15) is 0 Å². The van der Waals surface area contributed by atoms with Gasteiger partial charge < -0.3 is 15.0 Å². The van der Waals surface area contributed by atoms with Gasteiger partial charge in [-0.3, -0.25) is 9.69 Å². The molecule has 0 spiro atoms. The quantitative estimate of drug-likeness (QED) is 0.892. The molecule has 2 heterocycles. The van der Waals surface area contributed by atoms with Gasteiger partial charge in [-0.2, -0.15) is 0 Å². The standard InChI is InChI=1S/C21H25N3O2/c1-26-16-21(18-10-6-3-7-11-18)15-22-12-19-23(20(25)14-24(19)21)13-17-8-4-2-5-9-17/h2-11,19,22H,12-16H2,1H3/t19?,21-/m0/s1. The molecule has 2 fully saturated rings. The van der Waals surface area contributed by atoms with Crippen LogP contribution in [0.15, 0.2) is 60.7 Å². The Morgan fingerprint density at radius 2 is 1.81 bits per heavy atom. The average molecular weight is 351 g/mol. The number of nitrogens with zero attached hydrogens (tertiary/aromatic N) is 2. The van der Waals surface area contributed by atoms with E-state index < -0.39 is 0 Å². The Morgan fingerprint density at radius 3 is 2.50 bits per heavy atom. The Kier molecular flexibility index (Phi) is 4.76. The van der Waals surface area contributed by atoms with Crippen LogP contribution in [0.3, 0.4) is 0 Å². The lowest BCUT2D eigenvalue weighted by Gasteiger charge is -2.49. The number of rotatable bonds is 5. The largest absolute Gasteiger partial charge is 0.382 e. The maximum absolute atomic E-state index is 12.9. The molecule has 0 aliphatic carbocycles. The Morgan fingerprint density at radius 1 is 1.12 bits per heavy atom. The maximum atomic E-state index is 12.9. The van der Waals surface area contributed by atoms with Crippen LogP contribution in [0, 0.1) is 0 Å². The van der Waals surface area contributed by atoms with Gasteiger partial charge in [0, 0.05) is 26.7 Å². The zero-order chi connectivity index (χ0) is 18.0. The lowest BCUT2D eigenvalue weighted by atomic mass is 9.86. The van der Waals surface area contributed by atoms with E-state index in [1.165, 1.54) is 5.56 Å². The van der Waals surface area contributed by atoms with Crippen LogP contribution < -0.4 is 5.32 Å². The first-order valence-electron chi connectivity index (χ1n) is 9.10. The zero-order valence-corrected chi connectivity index (χ0v) is 15.1. The number of amides is 1. The predicted octanol–water partition coefficient (Wildman–Crippen LogP) is 1.80. The van der Waals surface area contributed by atoms with E-state index in [1.54, 1.807) is 7.11 Å². The van der Waals surface area contributed by atoms with Crippen LogP contribution in [-0.2, 0) is 21.6 Å². The molecule has 2 aromatic carbocycles. The maximum Gasteiger partial charge on any atom is 0.238 e. The summed E-state index contributed by atoms with van der Waals surface area (Å²) in [5, 5.41) is 3.55. The molecule has 1 N–H and O–H groups in total. The molecular weight excluding hydrogens is 326 g/mol. The van der Waals surface area contributed by atoms with Crippen molar-refractivity contribution in [1.82, 2.24) is 15.1 Å². The summed E-state index contributed by atoms with van der Waals surface area (Å²) in [5.74, 6) is 0.180. The Bertz CT molecular complexity index is 748. The normalized spacial score (nSPS) is 26.1. The highest BCUT2D eigenvalue weighted by atomic mass is 16.5.